The van der Waals surface area contributed by atoms with Crippen molar-refractivity contribution in [3.05, 3.63) is 18.1 Å². The van der Waals surface area contributed by atoms with Crippen molar-refractivity contribution in [1.29, 1.82) is 0 Å². The minimum Gasteiger partial charge on any atom is -0.373 e. The number of aromatic nitrogens is 2. The molecule has 18 heavy (non-hydrogen) atoms. The monoisotopic (exact) mass is 249 g/mol. The Labute approximate surface area is 109 Å². The Hall–Kier alpha value is -1.16. The number of anilines is 1. The summed E-state index contributed by atoms with van der Waals surface area (Å²) in [6, 6.07) is 1.87. The minimum atomic E-state index is -0.303. The van der Waals surface area contributed by atoms with Crippen LogP contribution in [0.25, 0.3) is 0 Å². The molecule has 0 aliphatic heterocycles. The van der Waals surface area contributed by atoms with Gasteiger partial charge in [0.1, 0.15) is 11.4 Å². The third-order valence-electron chi connectivity index (χ3n) is 4.12. The van der Waals surface area contributed by atoms with E-state index in [0.717, 1.165) is 37.3 Å². The normalized spacial score (nSPS) is 21.6. The van der Waals surface area contributed by atoms with Crippen LogP contribution in [-0.4, -0.2) is 24.1 Å². The number of nitrogens with zero attached hydrogens (tertiary/aromatic N) is 2. The van der Waals surface area contributed by atoms with Crippen LogP contribution in [0.5, 0.6) is 0 Å². The van der Waals surface area contributed by atoms with Crippen molar-refractivity contribution in [2.45, 2.75) is 45.1 Å². The largest absolute Gasteiger partial charge is 0.373 e. The molecular weight excluding hydrogens is 226 g/mol. The first-order valence-electron chi connectivity index (χ1n) is 6.58. The number of methoxy groups -OCH3 is 1. The van der Waals surface area contributed by atoms with E-state index in [4.69, 9.17) is 4.74 Å². The standard InChI is InChI=1S/C14H23N3O/c1-13(2)6-8-14(18-4,9-7-13)12-16-10-5-11(15-3)17-12/h5,10H,6-9H2,1-4H3,(H,15,16,17). The Morgan fingerprint density at radius 1 is 1.22 bits per heavy atom. The van der Waals surface area contributed by atoms with E-state index < -0.39 is 0 Å². The lowest BCUT2D eigenvalue weighted by Crippen LogP contribution is -2.38. The van der Waals surface area contributed by atoms with Crippen LogP contribution < -0.4 is 5.32 Å². The van der Waals surface area contributed by atoms with Gasteiger partial charge in [0.2, 0.25) is 0 Å². The zero-order valence-electron chi connectivity index (χ0n) is 11.8. The van der Waals surface area contributed by atoms with Crippen molar-refractivity contribution >= 4 is 5.82 Å². The second-order valence-electron chi connectivity index (χ2n) is 5.88. The van der Waals surface area contributed by atoms with Crippen LogP contribution in [0.1, 0.15) is 45.4 Å². The highest BCUT2D eigenvalue weighted by atomic mass is 16.5. The second kappa shape index (κ2) is 4.84. The fourth-order valence-corrected chi connectivity index (χ4v) is 2.57. The van der Waals surface area contributed by atoms with Gasteiger partial charge in [-0.05, 0) is 37.2 Å². The van der Waals surface area contributed by atoms with Gasteiger partial charge in [-0.15, -0.1) is 0 Å². The minimum absolute atomic E-state index is 0.303. The number of hydrogen-bond acceptors (Lipinski definition) is 4. The van der Waals surface area contributed by atoms with Crippen molar-refractivity contribution in [1.82, 2.24) is 9.97 Å². The Bertz CT molecular complexity index is 407. The summed E-state index contributed by atoms with van der Waals surface area (Å²) in [6.45, 7) is 4.63. The Balaban J connectivity index is 2.27. The summed E-state index contributed by atoms with van der Waals surface area (Å²) in [5.41, 5.74) is 0.102. The van der Waals surface area contributed by atoms with Crippen LogP contribution in [0.2, 0.25) is 0 Å². The summed E-state index contributed by atoms with van der Waals surface area (Å²) in [5.74, 6) is 1.66. The van der Waals surface area contributed by atoms with E-state index in [9.17, 15) is 0 Å². The van der Waals surface area contributed by atoms with E-state index in [0.29, 0.717) is 5.41 Å². The van der Waals surface area contributed by atoms with E-state index in [2.05, 4.69) is 29.1 Å². The van der Waals surface area contributed by atoms with Gasteiger partial charge in [0.15, 0.2) is 5.82 Å². The molecule has 0 spiro atoms. The third-order valence-corrected chi connectivity index (χ3v) is 4.12. The van der Waals surface area contributed by atoms with Gasteiger partial charge in [0, 0.05) is 20.4 Å². The summed E-state index contributed by atoms with van der Waals surface area (Å²) in [7, 11) is 3.64. The van der Waals surface area contributed by atoms with Crippen LogP contribution >= 0.6 is 0 Å². The highest BCUT2D eigenvalue weighted by Crippen LogP contribution is 2.46. The fourth-order valence-electron chi connectivity index (χ4n) is 2.57. The maximum atomic E-state index is 5.80. The molecule has 0 aromatic carbocycles. The Morgan fingerprint density at radius 2 is 1.89 bits per heavy atom. The predicted octanol–water partition coefficient (Wildman–Crippen LogP) is 2.96. The first-order chi connectivity index (χ1) is 8.51. The molecule has 2 rings (SSSR count). The highest BCUT2D eigenvalue weighted by Gasteiger charge is 2.42. The average Bonchev–Trinajstić information content (AvgIpc) is 2.39. The summed E-state index contributed by atoms with van der Waals surface area (Å²) >= 11 is 0. The molecule has 1 aliphatic rings. The smallest absolute Gasteiger partial charge is 0.162 e. The van der Waals surface area contributed by atoms with Gasteiger partial charge in [-0.3, -0.25) is 0 Å². The average molecular weight is 249 g/mol. The summed E-state index contributed by atoms with van der Waals surface area (Å²) in [6.07, 6.45) is 6.07. The third kappa shape index (κ3) is 2.48. The molecule has 1 N–H and O–H groups in total. The fraction of sp³-hybridized carbons (Fsp3) is 0.714. The molecule has 0 unspecified atom stereocenters. The summed E-state index contributed by atoms with van der Waals surface area (Å²) < 4.78 is 5.80. The maximum Gasteiger partial charge on any atom is 0.162 e. The molecule has 1 heterocycles. The molecule has 4 heteroatoms. The van der Waals surface area contributed by atoms with Crippen molar-refractivity contribution in [3.63, 3.8) is 0 Å². The van der Waals surface area contributed by atoms with Crippen LogP contribution in [-0.2, 0) is 10.3 Å². The number of ether oxygens (including phenoxy) is 1. The molecule has 0 radical (unpaired) electrons. The zero-order chi connectivity index (χ0) is 13.2. The van der Waals surface area contributed by atoms with Gasteiger partial charge in [-0.25, -0.2) is 9.97 Å². The molecule has 0 amide bonds. The van der Waals surface area contributed by atoms with E-state index in [1.807, 2.05) is 13.1 Å². The lowest BCUT2D eigenvalue weighted by Gasteiger charge is -2.41. The van der Waals surface area contributed by atoms with Crippen molar-refractivity contribution in [3.8, 4) is 0 Å². The SMILES string of the molecule is CNc1ccnc(C2(OC)CCC(C)(C)CC2)n1. The number of rotatable bonds is 3. The predicted molar refractivity (Wildman–Crippen MR) is 72.5 cm³/mol. The van der Waals surface area contributed by atoms with Gasteiger partial charge >= 0.3 is 0 Å². The van der Waals surface area contributed by atoms with E-state index in [1.165, 1.54) is 0 Å². The maximum absolute atomic E-state index is 5.80. The molecule has 1 saturated carbocycles. The van der Waals surface area contributed by atoms with Crippen LogP contribution in [0.15, 0.2) is 12.3 Å². The van der Waals surface area contributed by atoms with Crippen molar-refractivity contribution in [2.75, 3.05) is 19.5 Å². The van der Waals surface area contributed by atoms with Crippen molar-refractivity contribution in [2.24, 2.45) is 5.41 Å². The van der Waals surface area contributed by atoms with Gasteiger partial charge in [0.25, 0.3) is 0 Å². The second-order valence-corrected chi connectivity index (χ2v) is 5.88. The first kappa shape index (κ1) is 13.3. The lowest BCUT2D eigenvalue weighted by atomic mass is 9.70. The highest BCUT2D eigenvalue weighted by molar-refractivity contribution is 5.32. The molecule has 1 aromatic heterocycles. The van der Waals surface area contributed by atoms with Crippen LogP contribution in [0, 0.1) is 5.41 Å². The summed E-state index contributed by atoms with van der Waals surface area (Å²) in [5, 5.41) is 3.06. The Morgan fingerprint density at radius 3 is 2.44 bits per heavy atom. The van der Waals surface area contributed by atoms with Gasteiger partial charge in [-0.1, -0.05) is 13.8 Å². The molecule has 0 atom stereocenters. The molecule has 100 valence electrons. The van der Waals surface area contributed by atoms with Gasteiger partial charge in [0.05, 0.1) is 0 Å². The van der Waals surface area contributed by atoms with E-state index >= 15 is 0 Å². The molecule has 4 nitrogen and oxygen atoms in total. The number of hydrogen-bond donors (Lipinski definition) is 1. The molecular formula is C14H23N3O. The molecule has 1 aliphatic carbocycles. The Kier molecular flexibility index (Phi) is 3.57. The zero-order valence-corrected chi connectivity index (χ0v) is 11.8. The lowest BCUT2D eigenvalue weighted by molar-refractivity contribution is -0.0728. The summed E-state index contributed by atoms with van der Waals surface area (Å²) in [4.78, 5) is 8.98. The molecule has 1 fully saturated rings. The molecule has 0 bridgehead atoms. The first-order valence-corrected chi connectivity index (χ1v) is 6.58. The van der Waals surface area contributed by atoms with Gasteiger partial charge in [-0.2, -0.15) is 0 Å². The number of nitrogens with one attached hydrogen (secondary N) is 1. The van der Waals surface area contributed by atoms with Gasteiger partial charge < -0.3 is 10.1 Å². The van der Waals surface area contributed by atoms with Crippen LogP contribution in [0.3, 0.4) is 0 Å². The van der Waals surface area contributed by atoms with E-state index in [1.54, 1.807) is 13.3 Å². The molecule has 0 saturated heterocycles. The van der Waals surface area contributed by atoms with Crippen LogP contribution in [0.4, 0.5) is 5.82 Å². The quantitative estimate of drug-likeness (QED) is 0.894. The molecule has 1 aromatic rings. The van der Waals surface area contributed by atoms with E-state index in [-0.39, 0.29) is 5.60 Å². The van der Waals surface area contributed by atoms with Crippen molar-refractivity contribution < 1.29 is 4.74 Å². The topological polar surface area (TPSA) is 47.0 Å².